The lowest BCUT2D eigenvalue weighted by molar-refractivity contribution is -0.138. The van der Waals surface area contributed by atoms with E-state index in [9.17, 15) is 9.59 Å². The highest BCUT2D eigenvalue weighted by atomic mass is 16.2. The van der Waals surface area contributed by atoms with Crippen molar-refractivity contribution in [3.8, 4) is 0 Å². The van der Waals surface area contributed by atoms with Gasteiger partial charge in [-0.3, -0.25) is 4.79 Å². The van der Waals surface area contributed by atoms with E-state index in [0.29, 0.717) is 19.5 Å². The third-order valence-electron chi connectivity index (χ3n) is 4.11. The first-order valence-corrected chi connectivity index (χ1v) is 8.18. The van der Waals surface area contributed by atoms with Gasteiger partial charge in [-0.1, -0.05) is 48.6 Å². The second-order valence-electron chi connectivity index (χ2n) is 5.72. The van der Waals surface area contributed by atoms with Crippen molar-refractivity contribution in [3.05, 3.63) is 54.6 Å². The number of hydrogen-bond acceptors (Lipinski definition) is 2. The van der Waals surface area contributed by atoms with Gasteiger partial charge < -0.3 is 5.32 Å². The average molecular weight is 323 g/mol. The predicted molar refractivity (Wildman–Crippen MR) is 95.4 cm³/mol. The van der Waals surface area contributed by atoms with Crippen molar-refractivity contribution in [2.24, 2.45) is 0 Å². The molecule has 2 aromatic rings. The Morgan fingerprint density at radius 3 is 2.67 bits per heavy atom. The molecule has 1 saturated heterocycles. The molecular formula is C19H21N3O2. The number of carbonyl (C=O) groups is 2. The molecule has 2 aromatic carbocycles. The topological polar surface area (TPSA) is 52.7 Å². The molecule has 0 aliphatic carbocycles. The van der Waals surface area contributed by atoms with E-state index in [2.05, 4.69) is 5.32 Å². The Bertz CT molecular complexity index is 780. The van der Waals surface area contributed by atoms with E-state index in [-0.39, 0.29) is 11.9 Å². The van der Waals surface area contributed by atoms with Crippen molar-refractivity contribution >= 4 is 28.4 Å². The summed E-state index contributed by atoms with van der Waals surface area (Å²) in [5.41, 5.74) is 0.755. The zero-order chi connectivity index (χ0) is 16.9. The highest BCUT2D eigenvalue weighted by Crippen LogP contribution is 2.24. The minimum absolute atomic E-state index is 0.0568. The molecule has 124 valence electrons. The molecule has 1 fully saturated rings. The Morgan fingerprint density at radius 1 is 1.08 bits per heavy atom. The maximum atomic E-state index is 12.6. The van der Waals surface area contributed by atoms with Crippen LogP contribution in [-0.2, 0) is 4.79 Å². The lowest BCUT2D eigenvalue weighted by Gasteiger charge is -2.28. The summed E-state index contributed by atoms with van der Waals surface area (Å²) in [6, 6.07) is 13.4. The number of anilines is 1. The summed E-state index contributed by atoms with van der Waals surface area (Å²) in [7, 11) is 0. The minimum atomic E-state index is -0.266. The maximum absolute atomic E-state index is 12.6. The number of fused-ring (bicyclic) bond motifs is 1. The normalized spacial score (nSPS) is 14.5. The van der Waals surface area contributed by atoms with Crippen molar-refractivity contribution in [2.45, 2.75) is 19.8 Å². The van der Waals surface area contributed by atoms with Gasteiger partial charge in [0.15, 0.2) is 0 Å². The van der Waals surface area contributed by atoms with E-state index in [0.717, 1.165) is 22.9 Å². The van der Waals surface area contributed by atoms with Crippen molar-refractivity contribution < 1.29 is 9.59 Å². The lowest BCUT2D eigenvalue weighted by Crippen LogP contribution is -2.46. The van der Waals surface area contributed by atoms with E-state index < -0.39 is 0 Å². The third-order valence-corrected chi connectivity index (χ3v) is 4.11. The van der Waals surface area contributed by atoms with Gasteiger partial charge in [0, 0.05) is 24.9 Å². The van der Waals surface area contributed by atoms with E-state index in [1.807, 2.05) is 55.5 Å². The third kappa shape index (κ3) is 3.25. The Kier molecular flexibility index (Phi) is 4.79. The number of carbonyl (C=O) groups excluding carboxylic acids is 2. The van der Waals surface area contributed by atoms with Gasteiger partial charge in [-0.25, -0.2) is 14.8 Å². The molecular weight excluding hydrogens is 302 g/mol. The molecule has 1 aliphatic rings. The minimum Gasteiger partial charge on any atom is -0.306 e. The molecule has 0 atom stereocenters. The monoisotopic (exact) mass is 323 g/mol. The second-order valence-corrected chi connectivity index (χ2v) is 5.72. The van der Waals surface area contributed by atoms with Gasteiger partial charge in [-0.2, -0.15) is 0 Å². The molecule has 5 heteroatoms. The Morgan fingerprint density at radius 2 is 1.83 bits per heavy atom. The van der Waals surface area contributed by atoms with Crippen molar-refractivity contribution in [1.82, 2.24) is 10.0 Å². The number of benzene rings is 2. The zero-order valence-electron chi connectivity index (χ0n) is 13.7. The molecule has 0 saturated carbocycles. The van der Waals surface area contributed by atoms with Crippen LogP contribution in [0, 0.1) is 0 Å². The van der Waals surface area contributed by atoms with Crippen LogP contribution in [0.15, 0.2) is 54.6 Å². The fourth-order valence-corrected chi connectivity index (χ4v) is 2.92. The molecule has 0 aromatic heterocycles. The van der Waals surface area contributed by atoms with Crippen LogP contribution >= 0.6 is 0 Å². The average Bonchev–Trinajstić information content (AvgIpc) is 3.10. The maximum Gasteiger partial charge on any atom is 0.340 e. The molecule has 0 spiro atoms. The van der Waals surface area contributed by atoms with Gasteiger partial charge in [0.1, 0.15) is 0 Å². The van der Waals surface area contributed by atoms with E-state index in [4.69, 9.17) is 0 Å². The van der Waals surface area contributed by atoms with Crippen molar-refractivity contribution in [1.29, 1.82) is 0 Å². The largest absolute Gasteiger partial charge is 0.340 e. The lowest BCUT2D eigenvalue weighted by atomic mass is 10.1. The Balaban J connectivity index is 1.77. The summed E-state index contributed by atoms with van der Waals surface area (Å²) in [6.07, 6.45) is 4.76. The van der Waals surface area contributed by atoms with Crippen LogP contribution in [0.3, 0.4) is 0 Å². The van der Waals surface area contributed by atoms with Crippen LogP contribution in [0.25, 0.3) is 10.8 Å². The summed E-state index contributed by atoms with van der Waals surface area (Å²) in [4.78, 5) is 24.9. The van der Waals surface area contributed by atoms with Crippen molar-refractivity contribution in [3.63, 3.8) is 0 Å². The molecule has 3 amide bonds. The molecule has 5 nitrogen and oxygen atoms in total. The van der Waals surface area contributed by atoms with Crippen LogP contribution in [-0.4, -0.2) is 35.0 Å². The standard InChI is InChI=1S/C19H21N3O2/c1-2-3-12-18(23)21-13-7-14-22(21)19(24)20-17-11-6-9-15-8-4-5-10-16(15)17/h2-6,8-11H,7,12-14H2,1H3,(H,20,24). The number of amides is 3. The molecule has 1 heterocycles. The zero-order valence-corrected chi connectivity index (χ0v) is 13.7. The van der Waals surface area contributed by atoms with Gasteiger partial charge in [0.05, 0.1) is 5.69 Å². The van der Waals surface area contributed by atoms with Gasteiger partial charge in [-0.15, -0.1) is 0 Å². The molecule has 0 bridgehead atoms. The molecule has 1 aliphatic heterocycles. The molecule has 3 rings (SSSR count). The first kappa shape index (κ1) is 16.1. The predicted octanol–water partition coefficient (Wildman–Crippen LogP) is 3.79. The highest BCUT2D eigenvalue weighted by Gasteiger charge is 2.30. The number of rotatable bonds is 3. The summed E-state index contributed by atoms with van der Waals surface area (Å²) >= 11 is 0. The molecule has 24 heavy (non-hydrogen) atoms. The fraction of sp³-hybridized carbons (Fsp3) is 0.263. The van der Waals surface area contributed by atoms with Crippen LogP contribution in [0.5, 0.6) is 0 Å². The SMILES string of the molecule is CC=CCC(=O)N1CCCN1C(=O)Nc1cccc2ccccc12. The number of urea groups is 1. The summed E-state index contributed by atoms with van der Waals surface area (Å²) in [6.45, 7) is 3.01. The van der Waals surface area contributed by atoms with Gasteiger partial charge in [0.25, 0.3) is 0 Å². The van der Waals surface area contributed by atoms with E-state index in [1.54, 1.807) is 11.1 Å². The van der Waals surface area contributed by atoms with Gasteiger partial charge in [-0.05, 0) is 24.8 Å². The first-order chi connectivity index (χ1) is 11.7. The van der Waals surface area contributed by atoms with Crippen LogP contribution in [0.4, 0.5) is 10.5 Å². The molecule has 0 radical (unpaired) electrons. The van der Waals surface area contributed by atoms with E-state index >= 15 is 0 Å². The Hall–Kier alpha value is -2.82. The van der Waals surface area contributed by atoms with Gasteiger partial charge in [0.2, 0.25) is 5.91 Å². The van der Waals surface area contributed by atoms with E-state index in [1.165, 1.54) is 5.01 Å². The quantitative estimate of drug-likeness (QED) is 0.874. The fourth-order valence-electron chi connectivity index (χ4n) is 2.92. The van der Waals surface area contributed by atoms with Crippen LogP contribution in [0.2, 0.25) is 0 Å². The smallest absolute Gasteiger partial charge is 0.306 e. The number of allylic oxidation sites excluding steroid dienone is 1. The number of nitrogens with one attached hydrogen (secondary N) is 1. The second kappa shape index (κ2) is 7.17. The van der Waals surface area contributed by atoms with Crippen LogP contribution in [0.1, 0.15) is 19.8 Å². The summed E-state index contributed by atoms with van der Waals surface area (Å²) < 4.78 is 0. The number of nitrogens with zero attached hydrogens (tertiary/aromatic N) is 2. The molecule has 0 unspecified atom stereocenters. The number of hydrogen-bond donors (Lipinski definition) is 1. The highest BCUT2D eigenvalue weighted by molar-refractivity contribution is 6.02. The van der Waals surface area contributed by atoms with Crippen LogP contribution < -0.4 is 5.32 Å². The summed E-state index contributed by atoms with van der Waals surface area (Å²) in [5, 5.41) is 8.05. The molecule has 1 N–H and O–H groups in total. The first-order valence-electron chi connectivity index (χ1n) is 8.18. The summed E-state index contributed by atoms with van der Waals surface area (Å²) in [5.74, 6) is -0.0568. The van der Waals surface area contributed by atoms with Crippen molar-refractivity contribution in [2.75, 3.05) is 18.4 Å². The number of hydrazine groups is 1. The Labute approximate surface area is 141 Å². The van der Waals surface area contributed by atoms with Gasteiger partial charge >= 0.3 is 6.03 Å².